The lowest BCUT2D eigenvalue weighted by Crippen LogP contribution is -2.50. The molecule has 1 unspecified atom stereocenters. The number of hydrogen-bond acceptors (Lipinski definition) is 5. The van der Waals surface area contributed by atoms with Gasteiger partial charge in [-0.15, -0.1) is 0 Å². The third-order valence-corrected chi connectivity index (χ3v) is 5.21. The second-order valence-electron chi connectivity index (χ2n) is 7.15. The minimum absolute atomic E-state index is 0.0793. The van der Waals surface area contributed by atoms with E-state index >= 15 is 0 Å². The Bertz CT molecular complexity index is 578. The number of furan rings is 1. The molecule has 144 valence electrons. The predicted octanol–water partition coefficient (Wildman–Crippen LogP) is 0.665. The number of amides is 3. The van der Waals surface area contributed by atoms with Crippen LogP contribution in [0.1, 0.15) is 37.5 Å². The lowest BCUT2D eigenvalue weighted by atomic mass is 10.1. The van der Waals surface area contributed by atoms with Gasteiger partial charge in [0.05, 0.1) is 18.8 Å². The lowest BCUT2D eigenvalue weighted by Gasteiger charge is -2.32. The van der Waals surface area contributed by atoms with E-state index in [1.54, 1.807) is 6.26 Å². The molecule has 3 heterocycles. The first-order valence-electron chi connectivity index (χ1n) is 9.44. The molecule has 3 rings (SSSR count). The van der Waals surface area contributed by atoms with Crippen molar-refractivity contribution in [2.45, 2.75) is 37.8 Å². The highest BCUT2D eigenvalue weighted by molar-refractivity contribution is 5.76. The smallest absolute Gasteiger partial charge is 0.315 e. The summed E-state index contributed by atoms with van der Waals surface area (Å²) in [6, 6.07) is 3.92. The molecule has 0 aliphatic carbocycles. The van der Waals surface area contributed by atoms with Gasteiger partial charge in [0.1, 0.15) is 5.76 Å². The first-order chi connectivity index (χ1) is 12.6. The van der Waals surface area contributed by atoms with Crippen molar-refractivity contribution in [3.8, 4) is 0 Å². The third kappa shape index (κ3) is 5.22. The number of nitrogens with zero attached hydrogens (tertiary/aromatic N) is 2. The maximum absolute atomic E-state index is 12.3. The van der Waals surface area contributed by atoms with Crippen LogP contribution < -0.4 is 16.4 Å². The van der Waals surface area contributed by atoms with Gasteiger partial charge in [-0.2, -0.15) is 0 Å². The number of nitrogens with two attached hydrogens (primary N) is 1. The molecule has 0 saturated carbocycles. The van der Waals surface area contributed by atoms with Crippen LogP contribution in [0.4, 0.5) is 4.79 Å². The van der Waals surface area contributed by atoms with E-state index in [-0.39, 0.29) is 24.0 Å². The summed E-state index contributed by atoms with van der Waals surface area (Å²) in [5.41, 5.74) is 5.23. The van der Waals surface area contributed by atoms with Crippen LogP contribution in [0.3, 0.4) is 0 Å². The average Bonchev–Trinajstić information content (AvgIpc) is 3.30. The van der Waals surface area contributed by atoms with Gasteiger partial charge in [-0.05, 0) is 50.9 Å². The van der Waals surface area contributed by atoms with E-state index in [0.717, 1.165) is 44.8 Å². The van der Waals surface area contributed by atoms with Crippen LogP contribution in [-0.4, -0.2) is 67.0 Å². The van der Waals surface area contributed by atoms with Gasteiger partial charge in [-0.1, -0.05) is 0 Å². The van der Waals surface area contributed by atoms with Crippen LogP contribution in [0.5, 0.6) is 0 Å². The predicted molar refractivity (Wildman–Crippen MR) is 97.4 cm³/mol. The number of piperidine rings is 1. The van der Waals surface area contributed by atoms with Gasteiger partial charge >= 0.3 is 6.03 Å². The Morgan fingerprint density at radius 2 is 1.96 bits per heavy atom. The molecule has 1 aromatic heterocycles. The zero-order valence-corrected chi connectivity index (χ0v) is 15.2. The first kappa shape index (κ1) is 18.7. The van der Waals surface area contributed by atoms with E-state index in [0.29, 0.717) is 13.1 Å². The molecule has 0 aromatic carbocycles. The topological polar surface area (TPSA) is 104 Å². The summed E-state index contributed by atoms with van der Waals surface area (Å²) in [6.45, 7) is 4.44. The van der Waals surface area contributed by atoms with Crippen LogP contribution in [-0.2, 0) is 4.79 Å². The molecule has 0 bridgehead atoms. The summed E-state index contributed by atoms with van der Waals surface area (Å²) in [7, 11) is 0. The average molecular weight is 363 g/mol. The molecule has 4 N–H and O–H groups in total. The summed E-state index contributed by atoms with van der Waals surface area (Å²) in [5, 5.41) is 6.04. The van der Waals surface area contributed by atoms with Gasteiger partial charge in [-0.3, -0.25) is 14.6 Å². The number of likely N-dealkylation sites (tertiary alicyclic amines) is 2. The fourth-order valence-corrected chi connectivity index (χ4v) is 3.83. The molecular weight excluding hydrogens is 334 g/mol. The van der Waals surface area contributed by atoms with Gasteiger partial charge in [0.25, 0.3) is 0 Å². The van der Waals surface area contributed by atoms with Crippen molar-refractivity contribution in [2.24, 2.45) is 5.73 Å². The summed E-state index contributed by atoms with van der Waals surface area (Å²) in [5.74, 6) is 0.590. The summed E-state index contributed by atoms with van der Waals surface area (Å²) in [4.78, 5) is 27.7. The van der Waals surface area contributed by atoms with Crippen LogP contribution in [0, 0.1) is 0 Å². The van der Waals surface area contributed by atoms with Gasteiger partial charge < -0.3 is 20.8 Å². The van der Waals surface area contributed by atoms with Crippen LogP contribution >= 0.6 is 0 Å². The number of rotatable bonds is 7. The zero-order valence-electron chi connectivity index (χ0n) is 15.2. The molecule has 8 nitrogen and oxygen atoms in total. The SMILES string of the molecule is NC(=O)CN1CCC(NC(=O)NCC(c2ccco2)N2CCCC2)CC1. The molecule has 1 atom stereocenters. The third-order valence-electron chi connectivity index (χ3n) is 5.21. The number of primary amides is 1. The minimum Gasteiger partial charge on any atom is -0.468 e. The quantitative estimate of drug-likeness (QED) is 0.660. The molecule has 8 heteroatoms. The first-order valence-corrected chi connectivity index (χ1v) is 9.44. The molecule has 2 fully saturated rings. The fourth-order valence-electron chi connectivity index (χ4n) is 3.83. The Hall–Kier alpha value is -2.06. The molecule has 0 spiro atoms. The molecule has 0 radical (unpaired) electrons. The highest BCUT2D eigenvalue weighted by Gasteiger charge is 2.27. The summed E-state index contributed by atoms with van der Waals surface area (Å²) in [6.07, 6.45) is 5.71. The highest BCUT2D eigenvalue weighted by Crippen LogP contribution is 2.24. The molecular formula is C18H29N5O3. The van der Waals surface area contributed by atoms with E-state index in [1.165, 1.54) is 12.8 Å². The molecule has 2 saturated heterocycles. The lowest BCUT2D eigenvalue weighted by molar-refractivity contribution is -0.119. The largest absolute Gasteiger partial charge is 0.468 e. The zero-order chi connectivity index (χ0) is 18.4. The van der Waals surface area contributed by atoms with Crippen molar-refractivity contribution in [2.75, 3.05) is 39.3 Å². The molecule has 2 aliphatic rings. The van der Waals surface area contributed by atoms with Gasteiger partial charge in [0.2, 0.25) is 5.91 Å². The Morgan fingerprint density at radius 1 is 1.23 bits per heavy atom. The van der Waals surface area contributed by atoms with Gasteiger partial charge in [0.15, 0.2) is 0 Å². The van der Waals surface area contributed by atoms with Gasteiger partial charge in [0, 0.05) is 25.7 Å². The standard InChI is InChI=1S/C18H29N5O3/c19-17(24)13-22-9-5-14(6-10-22)21-18(25)20-12-15(16-4-3-11-26-16)23-7-1-2-8-23/h3-4,11,14-15H,1-2,5-10,12-13H2,(H2,19,24)(H2,20,21,25). The van der Waals surface area contributed by atoms with Crippen molar-refractivity contribution in [1.82, 2.24) is 20.4 Å². The maximum atomic E-state index is 12.3. The Kier molecular flexibility index (Phi) is 6.51. The number of nitrogens with one attached hydrogen (secondary N) is 2. The Morgan fingerprint density at radius 3 is 2.58 bits per heavy atom. The monoisotopic (exact) mass is 363 g/mol. The molecule has 1 aromatic rings. The van der Waals surface area contributed by atoms with E-state index in [9.17, 15) is 9.59 Å². The van der Waals surface area contributed by atoms with Crippen LogP contribution in [0.2, 0.25) is 0 Å². The maximum Gasteiger partial charge on any atom is 0.315 e. The van der Waals surface area contributed by atoms with Crippen molar-refractivity contribution in [3.63, 3.8) is 0 Å². The normalized spacial score (nSPS) is 20.8. The van der Waals surface area contributed by atoms with E-state index in [4.69, 9.17) is 10.2 Å². The number of carbonyl (C=O) groups is 2. The number of hydrogen-bond donors (Lipinski definition) is 3. The van der Waals surface area contributed by atoms with Crippen LogP contribution in [0.25, 0.3) is 0 Å². The minimum atomic E-state index is -0.306. The summed E-state index contributed by atoms with van der Waals surface area (Å²) < 4.78 is 5.58. The van der Waals surface area contributed by atoms with Crippen molar-refractivity contribution in [1.29, 1.82) is 0 Å². The Balaban J connectivity index is 1.43. The van der Waals surface area contributed by atoms with E-state index in [2.05, 4.69) is 15.5 Å². The molecule has 2 aliphatic heterocycles. The molecule has 3 amide bonds. The van der Waals surface area contributed by atoms with E-state index in [1.807, 2.05) is 17.0 Å². The Labute approximate surface area is 154 Å². The molecule has 26 heavy (non-hydrogen) atoms. The second kappa shape index (κ2) is 9.05. The van der Waals surface area contributed by atoms with E-state index < -0.39 is 0 Å². The number of carbonyl (C=O) groups excluding carboxylic acids is 2. The summed E-state index contributed by atoms with van der Waals surface area (Å²) >= 11 is 0. The second-order valence-corrected chi connectivity index (χ2v) is 7.15. The van der Waals surface area contributed by atoms with Gasteiger partial charge in [-0.25, -0.2) is 4.79 Å². The van der Waals surface area contributed by atoms with Crippen molar-refractivity contribution in [3.05, 3.63) is 24.2 Å². The van der Waals surface area contributed by atoms with Crippen molar-refractivity contribution >= 4 is 11.9 Å². The fraction of sp³-hybridized carbons (Fsp3) is 0.667. The van der Waals surface area contributed by atoms with Crippen molar-refractivity contribution < 1.29 is 14.0 Å². The number of urea groups is 1. The highest BCUT2D eigenvalue weighted by atomic mass is 16.3. The van der Waals surface area contributed by atoms with Crippen LogP contribution in [0.15, 0.2) is 22.8 Å².